The second-order valence-corrected chi connectivity index (χ2v) is 6.42. The Morgan fingerprint density at radius 2 is 1.94 bits per heavy atom. The van der Waals surface area contributed by atoms with E-state index in [0.29, 0.717) is 6.54 Å². The predicted molar refractivity (Wildman–Crippen MR) is 65.9 cm³/mol. The summed E-state index contributed by atoms with van der Waals surface area (Å²) in [5.74, 6) is -2.50. The van der Waals surface area contributed by atoms with E-state index in [4.69, 9.17) is 5.73 Å². The van der Waals surface area contributed by atoms with Gasteiger partial charge in [0.25, 0.3) is 0 Å². The third-order valence-corrected chi connectivity index (χ3v) is 5.31. The number of alkyl halides is 2. The van der Waals surface area contributed by atoms with E-state index in [1.54, 1.807) is 11.3 Å². The molecular weight excluding hydrogens is 240 g/mol. The molecule has 0 spiro atoms. The van der Waals surface area contributed by atoms with E-state index in [0.717, 1.165) is 18.4 Å². The zero-order valence-corrected chi connectivity index (χ0v) is 10.6. The fourth-order valence-corrected chi connectivity index (χ4v) is 4.59. The van der Waals surface area contributed by atoms with Gasteiger partial charge in [-0.3, -0.25) is 0 Å². The van der Waals surface area contributed by atoms with Gasteiger partial charge in [0.15, 0.2) is 0 Å². The smallest absolute Gasteiger partial charge is 0.250 e. The molecule has 1 nitrogen and oxygen atoms in total. The largest absolute Gasteiger partial charge is 0.330 e. The highest BCUT2D eigenvalue weighted by molar-refractivity contribution is 7.10. The van der Waals surface area contributed by atoms with Gasteiger partial charge in [0.1, 0.15) is 0 Å². The van der Waals surface area contributed by atoms with E-state index < -0.39 is 11.3 Å². The third kappa shape index (κ3) is 1.73. The van der Waals surface area contributed by atoms with Crippen molar-refractivity contribution >= 4 is 11.3 Å². The lowest BCUT2D eigenvalue weighted by molar-refractivity contribution is -0.123. The highest BCUT2D eigenvalue weighted by atomic mass is 32.1. The molecule has 1 aromatic rings. The molecule has 94 valence electrons. The summed E-state index contributed by atoms with van der Waals surface area (Å²) >= 11 is 1.74. The Balaban J connectivity index is 1.96. The number of nitrogens with two attached hydrogens (primary N) is 1. The lowest BCUT2D eigenvalue weighted by Gasteiger charge is -2.47. The first-order valence-corrected chi connectivity index (χ1v) is 7.12. The van der Waals surface area contributed by atoms with Gasteiger partial charge < -0.3 is 5.73 Å². The zero-order valence-electron chi connectivity index (χ0n) is 9.77. The van der Waals surface area contributed by atoms with Gasteiger partial charge in [-0.05, 0) is 42.2 Å². The summed E-state index contributed by atoms with van der Waals surface area (Å²) in [7, 11) is 0. The summed E-state index contributed by atoms with van der Waals surface area (Å²) in [4.78, 5) is 1.41. The second-order valence-electron chi connectivity index (χ2n) is 5.45. The van der Waals surface area contributed by atoms with Crippen LogP contribution in [-0.2, 0) is 18.3 Å². The van der Waals surface area contributed by atoms with Crippen LogP contribution in [0.2, 0.25) is 0 Å². The molecule has 1 aromatic heterocycles. The highest BCUT2D eigenvalue weighted by Crippen LogP contribution is 2.55. The number of aryl methyl sites for hydroxylation is 1. The molecule has 1 heterocycles. The quantitative estimate of drug-likeness (QED) is 0.864. The van der Waals surface area contributed by atoms with Crippen molar-refractivity contribution in [1.29, 1.82) is 0 Å². The maximum Gasteiger partial charge on any atom is 0.250 e. The fraction of sp³-hybridized carbons (Fsp3) is 0.692. The van der Waals surface area contributed by atoms with E-state index in [2.05, 4.69) is 5.38 Å². The molecule has 4 heteroatoms. The molecule has 0 aromatic carbocycles. The number of hydrogen-bond acceptors (Lipinski definition) is 2. The van der Waals surface area contributed by atoms with Gasteiger partial charge in [0.2, 0.25) is 5.92 Å². The fourth-order valence-electron chi connectivity index (χ4n) is 3.32. The molecule has 0 atom stereocenters. The Morgan fingerprint density at radius 1 is 1.24 bits per heavy atom. The van der Waals surface area contributed by atoms with Crippen LogP contribution < -0.4 is 5.73 Å². The Hall–Kier alpha value is -0.480. The molecule has 0 unspecified atom stereocenters. The van der Waals surface area contributed by atoms with Crippen LogP contribution in [0.1, 0.15) is 41.7 Å². The first-order chi connectivity index (χ1) is 8.06. The molecule has 0 amide bonds. The summed E-state index contributed by atoms with van der Waals surface area (Å²) in [5.41, 5.74) is 7.85. The molecule has 0 saturated heterocycles. The number of thiophene rings is 1. The van der Waals surface area contributed by atoms with Crippen molar-refractivity contribution in [3.63, 3.8) is 0 Å². The lowest BCUT2D eigenvalue weighted by Crippen LogP contribution is -2.54. The highest BCUT2D eigenvalue weighted by Gasteiger charge is 2.57. The second kappa shape index (κ2) is 3.75. The Bertz CT molecular complexity index is 431. The summed E-state index contributed by atoms with van der Waals surface area (Å²) in [6.07, 6.45) is 4.49. The van der Waals surface area contributed by atoms with Gasteiger partial charge >= 0.3 is 0 Å². The van der Waals surface area contributed by atoms with Crippen molar-refractivity contribution in [2.75, 3.05) is 6.54 Å². The molecule has 1 saturated carbocycles. The summed E-state index contributed by atoms with van der Waals surface area (Å²) < 4.78 is 26.4. The van der Waals surface area contributed by atoms with Gasteiger partial charge in [0.05, 0.1) is 0 Å². The first-order valence-electron chi connectivity index (χ1n) is 6.24. The van der Waals surface area contributed by atoms with Crippen LogP contribution >= 0.6 is 11.3 Å². The van der Waals surface area contributed by atoms with Crippen LogP contribution in [0.15, 0.2) is 5.38 Å². The van der Waals surface area contributed by atoms with Crippen LogP contribution in [0.3, 0.4) is 0 Å². The van der Waals surface area contributed by atoms with Gasteiger partial charge in [-0.1, -0.05) is 0 Å². The lowest BCUT2D eigenvalue weighted by atomic mass is 9.61. The summed E-state index contributed by atoms with van der Waals surface area (Å²) in [5, 5.41) is 2.10. The zero-order chi connectivity index (χ0) is 12.1. The molecule has 0 bridgehead atoms. The Kier molecular flexibility index (Phi) is 2.56. The molecule has 0 radical (unpaired) electrons. The molecule has 17 heavy (non-hydrogen) atoms. The summed E-state index contributed by atoms with van der Waals surface area (Å²) in [6.45, 7) is 0.353. The number of rotatable bonds is 2. The van der Waals surface area contributed by atoms with Gasteiger partial charge in [-0.2, -0.15) is 0 Å². The van der Waals surface area contributed by atoms with E-state index in [9.17, 15) is 8.78 Å². The van der Waals surface area contributed by atoms with Gasteiger partial charge in [-0.15, -0.1) is 11.3 Å². The molecule has 0 aliphatic heterocycles. The topological polar surface area (TPSA) is 26.0 Å². The minimum Gasteiger partial charge on any atom is -0.330 e. The number of hydrogen-bond donors (Lipinski definition) is 1. The van der Waals surface area contributed by atoms with Crippen molar-refractivity contribution in [1.82, 2.24) is 0 Å². The van der Waals surface area contributed by atoms with Gasteiger partial charge in [-0.25, -0.2) is 8.78 Å². The molecular formula is C13H17F2NS. The number of fused-ring (bicyclic) bond motifs is 1. The minimum atomic E-state index is -2.50. The molecule has 2 N–H and O–H groups in total. The van der Waals surface area contributed by atoms with Gasteiger partial charge in [0, 0.05) is 29.7 Å². The standard InChI is InChI=1S/C13H17F2NS/c14-13(15)6-12(7-13,8-16)10-5-17-11-4-2-1-3-9(10)11/h5H,1-4,6-8,16H2. The maximum absolute atomic E-state index is 13.2. The van der Waals surface area contributed by atoms with Crippen molar-refractivity contribution in [2.24, 2.45) is 5.73 Å². The molecule has 3 rings (SSSR count). The Morgan fingerprint density at radius 3 is 2.59 bits per heavy atom. The molecule has 1 fully saturated rings. The monoisotopic (exact) mass is 257 g/mol. The first kappa shape index (κ1) is 11.6. The summed E-state index contributed by atoms with van der Waals surface area (Å²) in [6, 6.07) is 0. The van der Waals surface area contributed by atoms with Crippen LogP contribution in [0, 0.1) is 0 Å². The van der Waals surface area contributed by atoms with E-state index >= 15 is 0 Å². The maximum atomic E-state index is 13.2. The van der Waals surface area contributed by atoms with E-state index in [1.807, 2.05) is 0 Å². The van der Waals surface area contributed by atoms with Crippen LogP contribution in [0.25, 0.3) is 0 Å². The molecule has 2 aliphatic carbocycles. The number of halogens is 2. The van der Waals surface area contributed by atoms with Crippen LogP contribution in [-0.4, -0.2) is 12.5 Å². The van der Waals surface area contributed by atoms with Crippen molar-refractivity contribution < 1.29 is 8.78 Å². The third-order valence-electron chi connectivity index (χ3n) is 4.22. The molecule has 2 aliphatic rings. The van der Waals surface area contributed by atoms with E-state index in [-0.39, 0.29) is 12.8 Å². The van der Waals surface area contributed by atoms with Crippen molar-refractivity contribution in [3.05, 3.63) is 21.4 Å². The van der Waals surface area contributed by atoms with Crippen molar-refractivity contribution in [2.45, 2.75) is 49.9 Å². The SMILES string of the molecule is NCC1(c2csc3c2CCCC3)CC(F)(F)C1. The van der Waals surface area contributed by atoms with E-state index in [1.165, 1.54) is 23.3 Å². The average molecular weight is 257 g/mol. The average Bonchev–Trinajstić information content (AvgIpc) is 2.69. The normalized spacial score (nSPS) is 25.1. The van der Waals surface area contributed by atoms with Crippen molar-refractivity contribution in [3.8, 4) is 0 Å². The van der Waals surface area contributed by atoms with Crippen LogP contribution in [0.4, 0.5) is 8.78 Å². The van der Waals surface area contributed by atoms with Crippen LogP contribution in [0.5, 0.6) is 0 Å². The minimum absolute atomic E-state index is 0.0559. The predicted octanol–water partition coefficient (Wildman–Crippen LogP) is 3.25. The Labute approximate surface area is 104 Å².